The Morgan fingerprint density at radius 3 is 2.67 bits per heavy atom. The molecule has 126 valence electrons. The Bertz CT molecular complexity index is 747. The summed E-state index contributed by atoms with van der Waals surface area (Å²) in [6.07, 6.45) is 0. The number of ether oxygens (including phenoxy) is 1. The number of carbonyl (C=O) groups excluding carboxylic acids is 2. The fourth-order valence-corrected chi connectivity index (χ4v) is 3.09. The molecule has 0 aliphatic carbocycles. The Labute approximate surface area is 144 Å². The standard InChI is InChI=1S/C13H12N4O5S2/c1-2-22-10(18)7-23-13-16-15-12(24-13)14-11(19)8-3-5-9(6-4-8)17(20)21/h3-6H,2,7H2,1H3,(H,14,15,19). The highest BCUT2D eigenvalue weighted by Gasteiger charge is 2.13. The molecule has 1 aromatic heterocycles. The van der Waals surface area contributed by atoms with Crippen LogP contribution in [0.5, 0.6) is 0 Å². The first-order valence-corrected chi connectivity index (χ1v) is 8.47. The van der Waals surface area contributed by atoms with Crippen LogP contribution < -0.4 is 5.32 Å². The summed E-state index contributed by atoms with van der Waals surface area (Å²) in [7, 11) is 0. The molecule has 0 saturated heterocycles. The van der Waals surface area contributed by atoms with E-state index in [1.807, 2.05) is 0 Å². The number of nitro benzene ring substituents is 1. The number of rotatable bonds is 7. The van der Waals surface area contributed by atoms with Crippen LogP contribution in [0.2, 0.25) is 0 Å². The summed E-state index contributed by atoms with van der Waals surface area (Å²) in [5.41, 5.74) is 0.164. The lowest BCUT2D eigenvalue weighted by Crippen LogP contribution is -2.11. The second kappa shape index (κ2) is 8.36. The molecule has 0 unspecified atom stereocenters. The Hall–Kier alpha value is -2.53. The molecule has 0 fully saturated rings. The van der Waals surface area contributed by atoms with Crippen molar-refractivity contribution in [1.82, 2.24) is 10.2 Å². The van der Waals surface area contributed by atoms with Crippen molar-refractivity contribution in [1.29, 1.82) is 0 Å². The number of nitrogens with zero attached hydrogens (tertiary/aromatic N) is 3. The first kappa shape index (κ1) is 17.8. The lowest BCUT2D eigenvalue weighted by molar-refractivity contribution is -0.384. The quantitative estimate of drug-likeness (QED) is 0.260. The molecule has 1 aromatic carbocycles. The van der Waals surface area contributed by atoms with E-state index in [2.05, 4.69) is 15.5 Å². The van der Waals surface area contributed by atoms with E-state index in [4.69, 9.17) is 4.74 Å². The molecule has 9 nitrogen and oxygen atoms in total. The van der Waals surface area contributed by atoms with Gasteiger partial charge in [-0.3, -0.25) is 25.0 Å². The van der Waals surface area contributed by atoms with Crippen molar-refractivity contribution in [2.75, 3.05) is 17.7 Å². The van der Waals surface area contributed by atoms with Gasteiger partial charge in [0.1, 0.15) is 0 Å². The first-order valence-electron chi connectivity index (χ1n) is 6.67. The van der Waals surface area contributed by atoms with Gasteiger partial charge in [0.2, 0.25) is 5.13 Å². The molecule has 2 rings (SSSR count). The second-order valence-corrected chi connectivity index (χ2v) is 6.42. The van der Waals surface area contributed by atoms with Crippen LogP contribution in [0.15, 0.2) is 28.6 Å². The molecule has 0 bridgehead atoms. The summed E-state index contributed by atoms with van der Waals surface area (Å²) < 4.78 is 5.31. The van der Waals surface area contributed by atoms with Crippen molar-refractivity contribution in [3.05, 3.63) is 39.9 Å². The Balaban J connectivity index is 1.92. The molecule has 0 aliphatic heterocycles. The number of anilines is 1. The van der Waals surface area contributed by atoms with Crippen molar-refractivity contribution in [3.63, 3.8) is 0 Å². The largest absolute Gasteiger partial charge is 0.465 e. The number of non-ortho nitro benzene ring substituents is 1. The van der Waals surface area contributed by atoms with Crippen molar-refractivity contribution in [3.8, 4) is 0 Å². The van der Waals surface area contributed by atoms with Crippen molar-refractivity contribution in [2.45, 2.75) is 11.3 Å². The number of nitrogens with one attached hydrogen (secondary N) is 1. The van der Waals surface area contributed by atoms with Gasteiger partial charge in [-0.25, -0.2) is 0 Å². The fourth-order valence-electron chi connectivity index (χ4n) is 1.55. The maximum absolute atomic E-state index is 12.0. The van der Waals surface area contributed by atoms with E-state index in [1.165, 1.54) is 24.3 Å². The molecule has 0 radical (unpaired) electrons. The van der Waals surface area contributed by atoms with Gasteiger partial charge in [-0.15, -0.1) is 10.2 Å². The zero-order valence-corrected chi connectivity index (χ0v) is 14.1. The van der Waals surface area contributed by atoms with Crippen LogP contribution >= 0.6 is 23.1 Å². The number of aromatic nitrogens is 2. The first-order chi connectivity index (χ1) is 11.5. The average Bonchev–Trinajstić information content (AvgIpc) is 3.00. The summed E-state index contributed by atoms with van der Waals surface area (Å²) in [6.45, 7) is 2.03. The average molecular weight is 368 g/mol. The monoisotopic (exact) mass is 368 g/mol. The third-order valence-electron chi connectivity index (χ3n) is 2.59. The number of esters is 1. The predicted octanol–water partition coefficient (Wildman–Crippen LogP) is 2.35. The van der Waals surface area contributed by atoms with Gasteiger partial charge in [-0.2, -0.15) is 0 Å². The highest BCUT2D eigenvalue weighted by atomic mass is 32.2. The van der Waals surface area contributed by atoms with Gasteiger partial charge >= 0.3 is 5.97 Å². The molecular weight excluding hydrogens is 356 g/mol. The Morgan fingerprint density at radius 2 is 2.04 bits per heavy atom. The van der Waals surface area contributed by atoms with Crippen LogP contribution in [0, 0.1) is 10.1 Å². The SMILES string of the molecule is CCOC(=O)CSc1nnc(NC(=O)c2ccc([N+](=O)[O-])cc2)s1. The zero-order chi connectivity index (χ0) is 17.5. The van der Waals surface area contributed by atoms with Crippen LogP contribution in [-0.2, 0) is 9.53 Å². The summed E-state index contributed by atoms with van der Waals surface area (Å²) in [5.74, 6) is -0.698. The summed E-state index contributed by atoms with van der Waals surface area (Å²) in [5, 5.41) is 21.1. The lowest BCUT2D eigenvalue weighted by Gasteiger charge is -2.00. The molecule has 1 amide bonds. The van der Waals surface area contributed by atoms with Crippen LogP contribution in [0.3, 0.4) is 0 Å². The maximum Gasteiger partial charge on any atom is 0.316 e. The Kier molecular flexibility index (Phi) is 6.21. The third-order valence-corrected chi connectivity index (χ3v) is 4.53. The topological polar surface area (TPSA) is 124 Å². The predicted molar refractivity (Wildman–Crippen MR) is 88.3 cm³/mol. The summed E-state index contributed by atoms with van der Waals surface area (Å²) in [4.78, 5) is 33.3. The van der Waals surface area contributed by atoms with Crippen LogP contribution in [-0.4, -0.2) is 39.4 Å². The van der Waals surface area contributed by atoms with Gasteiger partial charge in [-0.05, 0) is 19.1 Å². The molecule has 0 saturated carbocycles. The van der Waals surface area contributed by atoms with Gasteiger partial charge in [0, 0.05) is 17.7 Å². The molecule has 0 atom stereocenters. The number of benzene rings is 1. The van der Waals surface area contributed by atoms with E-state index in [9.17, 15) is 19.7 Å². The highest BCUT2D eigenvalue weighted by Crippen LogP contribution is 2.26. The minimum Gasteiger partial charge on any atom is -0.465 e. The number of hydrogen-bond acceptors (Lipinski definition) is 9. The van der Waals surface area contributed by atoms with Crippen LogP contribution in [0.1, 0.15) is 17.3 Å². The van der Waals surface area contributed by atoms with Crippen molar-refractivity contribution >= 4 is 45.8 Å². The summed E-state index contributed by atoms with van der Waals surface area (Å²) in [6, 6.07) is 5.20. The van der Waals surface area contributed by atoms with Crippen molar-refractivity contribution < 1.29 is 19.2 Å². The lowest BCUT2D eigenvalue weighted by atomic mass is 10.2. The van der Waals surface area contributed by atoms with Gasteiger partial charge < -0.3 is 4.74 Å². The Morgan fingerprint density at radius 1 is 1.33 bits per heavy atom. The second-order valence-electron chi connectivity index (χ2n) is 4.22. The van der Waals surface area contributed by atoms with Crippen molar-refractivity contribution in [2.24, 2.45) is 0 Å². The molecule has 0 aliphatic rings. The zero-order valence-electron chi connectivity index (χ0n) is 12.4. The van der Waals surface area contributed by atoms with Gasteiger partial charge in [0.25, 0.3) is 11.6 Å². The highest BCUT2D eigenvalue weighted by molar-refractivity contribution is 8.01. The minimum atomic E-state index is -0.542. The van der Waals surface area contributed by atoms with E-state index in [0.29, 0.717) is 10.9 Å². The normalized spacial score (nSPS) is 10.2. The summed E-state index contributed by atoms with van der Waals surface area (Å²) >= 11 is 2.28. The van der Waals surface area contributed by atoms with E-state index in [-0.39, 0.29) is 28.1 Å². The smallest absolute Gasteiger partial charge is 0.316 e. The third kappa shape index (κ3) is 4.99. The minimum absolute atomic E-state index is 0.0971. The molecule has 24 heavy (non-hydrogen) atoms. The fraction of sp³-hybridized carbons (Fsp3) is 0.231. The number of nitro groups is 1. The number of hydrogen-bond donors (Lipinski definition) is 1. The van der Waals surface area contributed by atoms with Crippen LogP contribution in [0.25, 0.3) is 0 Å². The molecule has 0 spiro atoms. The maximum atomic E-state index is 12.0. The molecule has 11 heteroatoms. The number of carbonyl (C=O) groups is 2. The van der Waals surface area contributed by atoms with Gasteiger partial charge in [-0.1, -0.05) is 23.1 Å². The van der Waals surface area contributed by atoms with Gasteiger partial charge in [0.05, 0.1) is 17.3 Å². The molecule has 2 aromatic rings. The van der Waals surface area contributed by atoms with Crippen LogP contribution in [0.4, 0.5) is 10.8 Å². The van der Waals surface area contributed by atoms with E-state index in [0.717, 1.165) is 23.1 Å². The van der Waals surface area contributed by atoms with E-state index < -0.39 is 10.8 Å². The molecule has 1 heterocycles. The van der Waals surface area contributed by atoms with E-state index >= 15 is 0 Å². The molecular formula is C13H12N4O5S2. The number of amides is 1. The molecule has 1 N–H and O–H groups in total. The number of thioether (sulfide) groups is 1. The van der Waals surface area contributed by atoms with E-state index in [1.54, 1.807) is 6.92 Å². The van der Waals surface area contributed by atoms with Gasteiger partial charge in [0.15, 0.2) is 4.34 Å².